The van der Waals surface area contributed by atoms with E-state index in [1.807, 2.05) is 38.1 Å². The Morgan fingerprint density at radius 1 is 1.06 bits per heavy atom. The number of unbranched alkanes of at least 4 members (excludes halogenated alkanes) is 1. The highest BCUT2D eigenvalue weighted by molar-refractivity contribution is 5.91. The summed E-state index contributed by atoms with van der Waals surface area (Å²) >= 11 is 0. The van der Waals surface area contributed by atoms with Gasteiger partial charge in [-0.25, -0.2) is 9.59 Å². The number of H-pyrrole nitrogens is 1. The molecule has 2 rings (SSSR count). The molecule has 2 aromatic rings. The molecule has 0 unspecified atom stereocenters. The molecule has 1 aromatic carbocycles. The van der Waals surface area contributed by atoms with Crippen LogP contribution in [0.15, 0.2) is 24.3 Å². The molecular weight excluding hydrogens is 422 g/mol. The van der Waals surface area contributed by atoms with Gasteiger partial charge in [0, 0.05) is 23.0 Å². The summed E-state index contributed by atoms with van der Waals surface area (Å²) in [4.78, 5) is 41.5. The Kier molecular flexibility index (Phi) is 9.32. The summed E-state index contributed by atoms with van der Waals surface area (Å²) in [6.45, 7) is 9.31. The van der Waals surface area contributed by atoms with Gasteiger partial charge in [0.25, 0.3) is 0 Å². The maximum atomic E-state index is 13.3. The number of aromatic nitrogens is 1. The van der Waals surface area contributed by atoms with Crippen LogP contribution in [-0.2, 0) is 31.9 Å². The summed E-state index contributed by atoms with van der Waals surface area (Å²) in [6.07, 6.45) is 2.39. The number of alkyl carbamates (subject to hydrolysis) is 1. The van der Waals surface area contributed by atoms with Crippen molar-refractivity contribution in [2.45, 2.75) is 84.4 Å². The van der Waals surface area contributed by atoms with Gasteiger partial charge in [-0.15, -0.1) is 0 Å². The van der Waals surface area contributed by atoms with Gasteiger partial charge in [0.05, 0.1) is 7.11 Å². The van der Waals surface area contributed by atoms with Crippen LogP contribution in [0.4, 0.5) is 4.79 Å². The Morgan fingerprint density at radius 3 is 2.36 bits per heavy atom. The van der Waals surface area contributed by atoms with Crippen molar-refractivity contribution in [3.05, 3.63) is 35.5 Å². The van der Waals surface area contributed by atoms with Crippen LogP contribution in [0.1, 0.15) is 65.1 Å². The van der Waals surface area contributed by atoms with Crippen LogP contribution < -0.4 is 10.6 Å². The largest absolute Gasteiger partial charge is 0.467 e. The second kappa shape index (κ2) is 11.7. The highest BCUT2D eigenvalue weighted by Crippen LogP contribution is 2.24. The van der Waals surface area contributed by atoms with Gasteiger partial charge >= 0.3 is 12.1 Å². The third-order valence-corrected chi connectivity index (χ3v) is 5.32. The Balaban J connectivity index is 2.34. The van der Waals surface area contributed by atoms with Crippen LogP contribution in [-0.4, -0.2) is 47.7 Å². The fraction of sp³-hybridized carbons (Fsp3) is 0.560. The molecule has 0 spiro atoms. The minimum Gasteiger partial charge on any atom is -0.467 e. The first-order valence-corrected chi connectivity index (χ1v) is 11.6. The molecule has 2 amide bonds. The van der Waals surface area contributed by atoms with E-state index in [4.69, 9.17) is 9.47 Å². The summed E-state index contributed by atoms with van der Waals surface area (Å²) in [5.41, 5.74) is 2.20. The molecule has 0 saturated heterocycles. The summed E-state index contributed by atoms with van der Waals surface area (Å²) in [5.74, 6) is -0.964. The van der Waals surface area contributed by atoms with E-state index in [1.165, 1.54) is 7.11 Å². The number of ether oxygens (including phenoxy) is 2. The van der Waals surface area contributed by atoms with E-state index >= 15 is 0 Å². The molecule has 1 heterocycles. The Bertz CT molecular complexity index is 961. The quantitative estimate of drug-likeness (QED) is 0.465. The number of amides is 2. The number of carbonyl (C=O) groups is 3. The number of aromatic amines is 1. The van der Waals surface area contributed by atoms with E-state index in [0.717, 1.165) is 41.4 Å². The molecule has 2 atom stereocenters. The summed E-state index contributed by atoms with van der Waals surface area (Å²) in [5, 5.41) is 6.48. The molecule has 182 valence electrons. The lowest BCUT2D eigenvalue weighted by atomic mass is 10.00. The highest BCUT2D eigenvalue weighted by atomic mass is 16.6. The van der Waals surface area contributed by atoms with Crippen LogP contribution >= 0.6 is 0 Å². The van der Waals surface area contributed by atoms with Crippen molar-refractivity contribution in [3.63, 3.8) is 0 Å². The monoisotopic (exact) mass is 459 g/mol. The number of benzene rings is 1. The normalized spacial score (nSPS) is 13.3. The number of para-hydroxylation sites is 1. The average Bonchev–Trinajstić information content (AvgIpc) is 3.11. The van der Waals surface area contributed by atoms with Crippen molar-refractivity contribution in [3.8, 4) is 0 Å². The van der Waals surface area contributed by atoms with E-state index in [9.17, 15) is 14.4 Å². The van der Waals surface area contributed by atoms with Gasteiger partial charge in [-0.1, -0.05) is 44.9 Å². The third kappa shape index (κ3) is 7.51. The Labute approximate surface area is 195 Å². The van der Waals surface area contributed by atoms with Gasteiger partial charge in [-0.3, -0.25) is 4.79 Å². The van der Waals surface area contributed by atoms with E-state index in [2.05, 4.69) is 15.6 Å². The zero-order valence-electron chi connectivity index (χ0n) is 20.5. The van der Waals surface area contributed by atoms with Crippen molar-refractivity contribution in [2.75, 3.05) is 7.11 Å². The first-order chi connectivity index (χ1) is 15.6. The number of methoxy groups -OCH3 is 1. The minimum atomic E-state index is -0.932. The first-order valence-electron chi connectivity index (χ1n) is 11.6. The Hall–Kier alpha value is -3.03. The SMILES string of the molecule is CCCC[C@@H](NC(=O)[C@@H](Cc1c(CC)[nH]c2ccccc12)NC(=O)OC(C)(C)C)C(=O)OC. The number of fused-ring (bicyclic) bond motifs is 1. The van der Waals surface area contributed by atoms with Gasteiger partial charge in [0.1, 0.15) is 17.7 Å². The lowest BCUT2D eigenvalue weighted by molar-refractivity contribution is -0.145. The molecule has 0 aliphatic heterocycles. The molecule has 0 radical (unpaired) electrons. The van der Waals surface area contributed by atoms with Gasteiger partial charge in [-0.2, -0.15) is 0 Å². The second-order valence-electron chi connectivity index (χ2n) is 9.11. The van der Waals surface area contributed by atoms with Crippen molar-refractivity contribution in [1.29, 1.82) is 0 Å². The van der Waals surface area contributed by atoms with E-state index in [1.54, 1.807) is 20.8 Å². The summed E-state index contributed by atoms with van der Waals surface area (Å²) < 4.78 is 10.3. The van der Waals surface area contributed by atoms with E-state index in [-0.39, 0.29) is 6.42 Å². The van der Waals surface area contributed by atoms with Crippen LogP contribution in [0.3, 0.4) is 0 Å². The van der Waals surface area contributed by atoms with Gasteiger partial charge in [0.2, 0.25) is 5.91 Å². The molecule has 0 fully saturated rings. The number of hydrogen-bond donors (Lipinski definition) is 3. The van der Waals surface area contributed by atoms with E-state index in [0.29, 0.717) is 6.42 Å². The molecule has 33 heavy (non-hydrogen) atoms. The van der Waals surface area contributed by atoms with Gasteiger partial charge in [-0.05, 0) is 45.2 Å². The van der Waals surface area contributed by atoms with Crippen molar-refractivity contribution in [2.24, 2.45) is 0 Å². The highest BCUT2D eigenvalue weighted by Gasteiger charge is 2.30. The standard InChI is InChI=1S/C25H37N3O5/c1-7-9-13-20(23(30)32-6)27-22(29)21(28-24(31)33-25(3,4)5)15-17-16-12-10-11-14-19(16)26-18(17)8-2/h10-12,14,20-21,26H,7-9,13,15H2,1-6H3,(H,27,29)(H,28,31)/t20-,21-/m1/s1. The predicted octanol–water partition coefficient (Wildman–Crippen LogP) is 4.01. The van der Waals surface area contributed by atoms with Crippen molar-refractivity contribution >= 4 is 28.9 Å². The van der Waals surface area contributed by atoms with E-state index < -0.39 is 35.7 Å². The molecule has 0 bridgehead atoms. The van der Waals surface area contributed by atoms with Crippen LogP contribution in [0.2, 0.25) is 0 Å². The fourth-order valence-corrected chi connectivity index (χ4v) is 3.73. The number of nitrogens with one attached hydrogen (secondary N) is 3. The fourth-order valence-electron chi connectivity index (χ4n) is 3.73. The molecule has 3 N–H and O–H groups in total. The molecule has 0 saturated carbocycles. The minimum absolute atomic E-state index is 0.250. The topological polar surface area (TPSA) is 110 Å². The average molecular weight is 460 g/mol. The van der Waals surface area contributed by atoms with Crippen molar-refractivity contribution < 1.29 is 23.9 Å². The maximum absolute atomic E-state index is 13.3. The predicted molar refractivity (Wildman–Crippen MR) is 128 cm³/mol. The molecule has 0 aliphatic carbocycles. The number of esters is 1. The third-order valence-electron chi connectivity index (χ3n) is 5.32. The van der Waals surface area contributed by atoms with Crippen LogP contribution in [0.5, 0.6) is 0 Å². The summed E-state index contributed by atoms with van der Waals surface area (Å²) in [6, 6.07) is 6.14. The van der Waals surface area contributed by atoms with Crippen LogP contribution in [0, 0.1) is 0 Å². The number of carbonyl (C=O) groups excluding carboxylic acids is 3. The molecule has 8 heteroatoms. The van der Waals surface area contributed by atoms with Gasteiger partial charge in [0.15, 0.2) is 0 Å². The van der Waals surface area contributed by atoms with Crippen molar-refractivity contribution in [1.82, 2.24) is 15.6 Å². The van der Waals surface area contributed by atoms with Gasteiger partial charge < -0.3 is 25.1 Å². The smallest absolute Gasteiger partial charge is 0.408 e. The summed E-state index contributed by atoms with van der Waals surface area (Å²) in [7, 11) is 1.29. The molecule has 1 aromatic heterocycles. The Morgan fingerprint density at radius 2 is 1.76 bits per heavy atom. The number of hydrogen-bond acceptors (Lipinski definition) is 5. The maximum Gasteiger partial charge on any atom is 0.408 e. The molecule has 0 aliphatic rings. The lowest BCUT2D eigenvalue weighted by Gasteiger charge is -2.25. The lowest BCUT2D eigenvalue weighted by Crippen LogP contribution is -2.53. The molecule has 8 nitrogen and oxygen atoms in total. The zero-order chi connectivity index (χ0) is 24.6. The van der Waals surface area contributed by atoms with Crippen LogP contribution in [0.25, 0.3) is 10.9 Å². The number of aryl methyl sites for hydroxylation is 1. The zero-order valence-corrected chi connectivity index (χ0v) is 20.5. The molecular formula is C25H37N3O5. The second-order valence-corrected chi connectivity index (χ2v) is 9.11. The first kappa shape index (κ1) is 26.2. The number of rotatable bonds is 10.